The second-order valence-electron chi connectivity index (χ2n) is 3.23. The molecule has 13 heavy (non-hydrogen) atoms. The van der Waals surface area contributed by atoms with Crippen molar-refractivity contribution in [1.29, 1.82) is 0 Å². The standard InChI is InChI=1S/C8H18N4O/c9-3-1-4-11-8(13)12-7-2-5-10-6-7/h7,10H,1-6,9H2,(H2,11,12,13). The summed E-state index contributed by atoms with van der Waals surface area (Å²) < 4.78 is 0. The molecule has 1 aliphatic heterocycles. The third-order valence-corrected chi connectivity index (χ3v) is 2.06. The SMILES string of the molecule is NCCCNC(=O)NC1CCNC1. The molecule has 1 fully saturated rings. The minimum atomic E-state index is -0.0813. The lowest BCUT2D eigenvalue weighted by Gasteiger charge is -2.11. The quantitative estimate of drug-likeness (QED) is 0.425. The second-order valence-corrected chi connectivity index (χ2v) is 3.23. The van der Waals surface area contributed by atoms with Crippen LogP contribution >= 0.6 is 0 Å². The smallest absolute Gasteiger partial charge is 0.315 e. The highest BCUT2D eigenvalue weighted by molar-refractivity contribution is 5.74. The first kappa shape index (κ1) is 10.3. The van der Waals surface area contributed by atoms with Gasteiger partial charge in [-0.2, -0.15) is 0 Å². The molecule has 0 spiro atoms. The van der Waals surface area contributed by atoms with E-state index in [4.69, 9.17) is 5.73 Å². The van der Waals surface area contributed by atoms with Crippen LogP contribution in [0.25, 0.3) is 0 Å². The average Bonchev–Trinajstić information content (AvgIpc) is 2.57. The van der Waals surface area contributed by atoms with Gasteiger partial charge in [0.2, 0.25) is 0 Å². The van der Waals surface area contributed by atoms with Gasteiger partial charge in [0.05, 0.1) is 0 Å². The molecule has 0 bridgehead atoms. The van der Waals surface area contributed by atoms with Crippen LogP contribution in [-0.2, 0) is 0 Å². The zero-order valence-electron chi connectivity index (χ0n) is 7.81. The topological polar surface area (TPSA) is 79.2 Å². The van der Waals surface area contributed by atoms with Crippen LogP contribution in [0.15, 0.2) is 0 Å². The average molecular weight is 186 g/mol. The lowest BCUT2D eigenvalue weighted by molar-refractivity contribution is 0.237. The molecule has 0 aromatic carbocycles. The van der Waals surface area contributed by atoms with Gasteiger partial charge in [0.1, 0.15) is 0 Å². The largest absolute Gasteiger partial charge is 0.338 e. The van der Waals surface area contributed by atoms with E-state index in [1.165, 1.54) is 0 Å². The summed E-state index contributed by atoms with van der Waals surface area (Å²) in [5.74, 6) is 0. The second kappa shape index (κ2) is 5.77. The summed E-state index contributed by atoms with van der Waals surface area (Å²) in [6, 6.07) is 0.208. The Labute approximate surface area is 78.4 Å². The first-order valence-corrected chi connectivity index (χ1v) is 4.78. The molecule has 2 amide bonds. The number of nitrogens with one attached hydrogen (secondary N) is 3. The Morgan fingerprint density at radius 2 is 2.46 bits per heavy atom. The van der Waals surface area contributed by atoms with Crippen LogP contribution in [0.1, 0.15) is 12.8 Å². The molecule has 0 aromatic rings. The molecule has 1 saturated heterocycles. The Morgan fingerprint density at radius 1 is 1.62 bits per heavy atom. The van der Waals surface area contributed by atoms with E-state index in [-0.39, 0.29) is 12.1 Å². The van der Waals surface area contributed by atoms with Crippen LogP contribution in [0.5, 0.6) is 0 Å². The molecule has 0 saturated carbocycles. The van der Waals surface area contributed by atoms with Crippen LogP contribution in [-0.4, -0.2) is 38.3 Å². The van der Waals surface area contributed by atoms with E-state index >= 15 is 0 Å². The zero-order chi connectivity index (χ0) is 9.52. The molecular formula is C8H18N4O. The van der Waals surface area contributed by atoms with E-state index in [0.29, 0.717) is 13.1 Å². The molecule has 1 heterocycles. The molecule has 0 radical (unpaired) electrons. The number of carbonyl (C=O) groups is 1. The van der Waals surface area contributed by atoms with E-state index < -0.39 is 0 Å². The minimum absolute atomic E-state index is 0.0813. The predicted molar refractivity (Wildman–Crippen MR) is 51.5 cm³/mol. The Kier molecular flexibility index (Phi) is 4.56. The van der Waals surface area contributed by atoms with Crippen molar-refractivity contribution < 1.29 is 4.79 Å². The third-order valence-electron chi connectivity index (χ3n) is 2.06. The van der Waals surface area contributed by atoms with Crippen LogP contribution in [0.2, 0.25) is 0 Å². The highest BCUT2D eigenvalue weighted by Gasteiger charge is 2.15. The highest BCUT2D eigenvalue weighted by atomic mass is 16.2. The van der Waals surface area contributed by atoms with Crippen LogP contribution in [0.4, 0.5) is 4.79 Å². The van der Waals surface area contributed by atoms with E-state index in [1.807, 2.05) is 0 Å². The Morgan fingerprint density at radius 3 is 3.08 bits per heavy atom. The van der Waals surface area contributed by atoms with Gasteiger partial charge in [-0.3, -0.25) is 0 Å². The number of nitrogens with two attached hydrogens (primary N) is 1. The van der Waals surface area contributed by atoms with E-state index in [9.17, 15) is 4.79 Å². The maximum Gasteiger partial charge on any atom is 0.315 e. The zero-order valence-corrected chi connectivity index (χ0v) is 7.81. The van der Waals surface area contributed by atoms with E-state index in [2.05, 4.69) is 16.0 Å². The van der Waals surface area contributed by atoms with Crippen molar-refractivity contribution >= 4 is 6.03 Å². The molecule has 1 unspecified atom stereocenters. The summed E-state index contributed by atoms with van der Waals surface area (Å²) in [7, 11) is 0. The predicted octanol–water partition coefficient (Wildman–Crippen LogP) is -1.00. The molecule has 0 aliphatic carbocycles. The van der Waals surface area contributed by atoms with Gasteiger partial charge in [0, 0.05) is 19.1 Å². The van der Waals surface area contributed by atoms with Crippen molar-refractivity contribution in [3.8, 4) is 0 Å². The molecule has 1 aliphatic rings. The minimum Gasteiger partial charge on any atom is -0.338 e. The molecule has 76 valence electrons. The maximum absolute atomic E-state index is 11.2. The summed E-state index contributed by atoms with van der Waals surface area (Å²) in [6.45, 7) is 3.14. The number of rotatable bonds is 4. The van der Waals surface area contributed by atoms with Crippen LogP contribution in [0.3, 0.4) is 0 Å². The first-order valence-electron chi connectivity index (χ1n) is 4.78. The molecule has 5 N–H and O–H groups in total. The number of hydrogen-bond acceptors (Lipinski definition) is 3. The van der Waals surface area contributed by atoms with Gasteiger partial charge < -0.3 is 21.7 Å². The van der Waals surface area contributed by atoms with Gasteiger partial charge in [0.15, 0.2) is 0 Å². The molecule has 5 heteroatoms. The summed E-state index contributed by atoms with van der Waals surface area (Å²) in [4.78, 5) is 11.2. The fourth-order valence-electron chi connectivity index (χ4n) is 1.32. The molecule has 0 aromatic heterocycles. The van der Waals surface area contributed by atoms with Gasteiger partial charge >= 0.3 is 6.03 Å². The fourth-order valence-corrected chi connectivity index (χ4v) is 1.32. The third kappa shape index (κ3) is 4.10. The van der Waals surface area contributed by atoms with Crippen molar-refractivity contribution in [1.82, 2.24) is 16.0 Å². The van der Waals surface area contributed by atoms with E-state index in [1.54, 1.807) is 0 Å². The lowest BCUT2D eigenvalue weighted by atomic mass is 10.3. The van der Waals surface area contributed by atoms with Gasteiger partial charge in [-0.15, -0.1) is 0 Å². The van der Waals surface area contributed by atoms with Gasteiger partial charge in [-0.05, 0) is 25.9 Å². The van der Waals surface area contributed by atoms with Crippen molar-refractivity contribution in [2.24, 2.45) is 5.73 Å². The van der Waals surface area contributed by atoms with Crippen molar-refractivity contribution in [3.63, 3.8) is 0 Å². The van der Waals surface area contributed by atoms with Crippen LogP contribution in [0, 0.1) is 0 Å². The molecule has 5 nitrogen and oxygen atoms in total. The first-order chi connectivity index (χ1) is 6.33. The van der Waals surface area contributed by atoms with Crippen molar-refractivity contribution in [2.45, 2.75) is 18.9 Å². The van der Waals surface area contributed by atoms with Gasteiger partial charge in [0.25, 0.3) is 0 Å². The monoisotopic (exact) mass is 186 g/mol. The number of amides is 2. The Balaban J connectivity index is 2.02. The van der Waals surface area contributed by atoms with E-state index in [0.717, 1.165) is 25.9 Å². The fraction of sp³-hybridized carbons (Fsp3) is 0.875. The Bertz CT molecular complexity index is 156. The number of carbonyl (C=O) groups excluding carboxylic acids is 1. The molecule has 1 rings (SSSR count). The van der Waals surface area contributed by atoms with Gasteiger partial charge in [-0.1, -0.05) is 0 Å². The normalized spacial score (nSPS) is 21.5. The maximum atomic E-state index is 11.2. The molecule has 1 atom stereocenters. The van der Waals surface area contributed by atoms with Gasteiger partial charge in [-0.25, -0.2) is 4.79 Å². The van der Waals surface area contributed by atoms with Crippen molar-refractivity contribution in [3.05, 3.63) is 0 Å². The van der Waals surface area contributed by atoms with Crippen molar-refractivity contribution in [2.75, 3.05) is 26.2 Å². The summed E-state index contributed by atoms with van der Waals surface area (Å²) >= 11 is 0. The lowest BCUT2D eigenvalue weighted by Crippen LogP contribution is -2.43. The highest BCUT2D eigenvalue weighted by Crippen LogP contribution is 1.95. The number of urea groups is 1. The summed E-state index contributed by atoms with van der Waals surface area (Å²) in [5, 5.41) is 8.82. The number of hydrogen-bond donors (Lipinski definition) is 4. The van der Waals surface area contributed by atoms with Crippen LogP contribution < -0.4 is 21.7 Å². The Hall–Kier alpha value is -0.810. The summed E-state index contributed by atoms with van der Waals surface area (Å²) in [5.41, 5.74) is 5.30. The summed E-state index contributed by atoms with van der Waals surface area (Å²) in [6.07, 6.45) is 1.85. The molecular weight excluding hydrogens is 168 g/mol.